The van der Waals surface area contributed by atoms with E-state index in [4.69, 9.17) is 9.47 Å². The van der Waals surface area contributed by atoms with Gasteiger partial charge in [0.15, 0.2) is 11.5 Å². The van der Waals surface area contributed by atoms with Gasteiger partial charge in [0.25, 0.3) is 0 Å². The average molecular weight is 176 g/mol. The van der Waals surface area contributed by atoms with Crippen LogP contribution in [0.3, 0.4) is 0 Å². The summed E-state index contributed by atoms with van der Waals surface area (Å²) in [7, 11) is 0. The number of fused-ring (bicyclic) bond motifs is 1. The zero-order valence-corrected chi connectivity index (χ0v) is 6.90. The van der Waals surface area contributed by atoms with E-state index in [2.05, 4.69) is 0 Å². The van der Waals surface area contributed by atoms with Crippen molar-refractivity contribution in [1.29, 1.82) is 0 Å². The van der Waals surface area contributed by atoms with Crippen molar-refractivity contribution < 1.29 is 14.3 Å². The van der Waals surface area contributed by atoms with Crippen LogP contribution in [0.1, 0.15) is 5.56 Å². The van der Waals surface area contributed by atoms with E-state index < -0.39 is 0 Å². The van der Waals surface area contributed by atoms with E-state index in [0.717, 1.165) is 17.6 Å². The van der Waals surface area contributed by atoms with Crippen molar-refractivity contribution in [2.24, 2.45) is 0 Å². The molecular weight excluding hydrogens is 168 g/mol. The quantitative estimate of drug-likeness (QED) is 0.507. The number of hydrogen-bond donors (Lipinski definition) is 0. The molecule has 3 heteroatoms. The van der Waals surface area contributed by atoms with Gasteiger partial charge in [-0.15, -0.1) is 0 Å². The van der Waals surface area contributed by atoms with E-state index in [9.17, 15) is 4.79 Å². The number of aldehydes is 1. The van der Waals surface area contributed by atoms with Crippen molar-refractivity contribution in [1.82, 2.24) is 0 Å². The molecule has 1 aromatic rings. The first kappa shape index (κ1) is 7.86. The molecule has 3 nitrogen and oxygen atoms in total. The summed E-state index contributed by atoms with van der Waals surface area (Å²) in [6.45, 7) is 0.251. The number of carbonyl (C=O) groups is 1. The summed E-state index contributed by atoms with van der Waals surface area (Å²) in [5.41, 5.74) is 0.863. The molecule has 0 fully saturated rings. The fraction of sp³-hybridized carbons (Fsp3) is 0.100. The number of carbonyl (C=O) groups excluding carboxylic acids is 1. The van der Waals surface area contributed by atoms with E-state index >= 15 is 0 Å². The normalized spacial score (nSPS) is 13.5. The first-order valence-corrected chi connectivity index (χ1v) is 3.92. The van der Waals surface area contributed by atoms with E-state index in [1.807, 2.05) is 18.2 Å². The van der Waals surface area contributed by atoms with Gasteiger partial charge in [-0.25, -0.2) is 0 Å². The maximum Gasteiger partial charge on any atom is 0.231 e. The molecule has 0 amide bonds. The van der Waals surface area contributed by atoms with E-state index in [1.54, 1.807) is 6.08 Å². The lowest BCUT2D eigenvalue weighted by molar-refractivity contribution is -0.104. The molecule has 1 aromatic carbocycles. The molecule has 66 valence electrons. The lowest BCUT2D eigenvalue weighted by Crippen LogP contribution is -1.93. The molecule has 0 atom stereocenters. The first-order chi connectivity index (χ1) is 6.42. The number of para-hydroxylation sites is 1. The van der Waals surface area contributed by atoms with Gasteiger partial charge < -0.3 is 9.47 Å². The van der Waals surface area contributed by atoms with Crippen LogP contribution in [0, 0.1) is 0 Å². The SMILES string of the molecule is O=C/C=C/c1cccc2c1OCO2. The number of rotatable bonds is 2. The highest BCUT2D eigenvalue weighted by Crippen LogP contribution is 2.35. The Balaban J connectivity index is 2.41. The number of ether oxygens (including phenoxy) is 2. The van der Waals surface area contributed by atoms with Crippen molar-refractivity contribution in [3.8, 4) is 11.5 Å². The summed E-state index contributed by atoms with van der Waals surface area (Å²) < 4.78 is 10.4. The third-order valence-electron chi connectivity index (χ3n) is 1.78. The summed E-state index contributed by atoms with van der Waals surface area (Å²) in [6.07, 6.45) is 3.85. The number of allylic oxidation sites excluding steroid dienone is 1. The second kappa shape index (κ2) is 3.31. The highest BCUT2D eigenvalue weighted by atomic mass is 16.7. The van der Waals surface area contributed by atoms with Crippen molar-refractivity contribution in [2.45, 2.75) is 0 Å². The van der Waals surface area contributed by atoms with Crippen LogP contribution in [0.25, 0.3) is 6.08 Å². The van der Waals surface area contributed by atoms with Gasteiger partial charge in [-0.3, -0.25) is 4.79 Å². The zero-order valence-electron chi connectivity index (χ0n) is 6.90. The molecule has 1 aliphatic heterocycles. The Bertz CT molecular complexity index is 355. The smallest absolute Gasteiger partial charge is 0.231 e. The first-order valence-electron chi connectivity index (χ1n) is 3.92. The molecule has 0 N–H and O–H groups in total. The predicted octanol–water partition coefficient (Wildman–Crippen LogP) is 1.63. The second-order valence-electron chi connectivity index (χ2n) is 2.58. The van der Waals surface area contributed by atoms with Crippen LogP contribution >= 0.6 is 0 Å². The van der Waals surface area contributed by atoms with Crippen LogP contribution in [0.4, 0.5) is 0 Å². The highest BCUT2D eigenvalue weighted by Gasteiger charge is 2.14. The molecule has 1 heterocycles. The maximum absolute atomic E-state index is 10.1. The molecule has 0 bridgehead atoms. The summed E-state index contributed by atoms with van der Waals surface area (Å²) in [4.78, 5) is 10.1. The van der Waals surface area contributed by atoms with Crippen LogP contribution in [-0.4, -0.2) is 13.1 Å². The van der Waals surface area contributed by atoms with Gasteiger partial charge in [-0.1, -0.05) is 12.1 Å². The summed E-state index contributed by atoms with van der Waals surface area (Å²) in [5, 5.41) is 0. The molecule has 0 saturated heterocycles. The Morgan fingerprint density at radius 3 is 3.08 bits per heavy atom. The average Bonchev–Trinajstić information content (AvgIpc) is 2.62. The summed E-state index contributed by atoms with van der Waals surface area (Å²) >= 11 is 0. The lowest BCUT2D eigenvalue weighted by Gasteiger charge is -1.98. The third-order valence-corrected chi connectivity index (χ3v) is 1.78. The highest BCUT2D eigenvalue weighted by molar-refractivity contribution is 5.76. The fourth-order valence-corrected chi connectivity index (χ4v) is 1.23. The van der Waals surface area contributed by atoms with E-state index in [0.29, 0.717) is 5.75 Å². The maximum atomic E-state index is 10.1. The minimum absolute atomic E-state index is 0.251. The van der Waals surface area contributed by atoms with Crippen molar-refractivity contribution >= 4 is 12.4 Å². The Kier molecular flexibility index (Phi) is 2.00. The largest absolute Gasteiger partial charge is 0.454 e. The molecule has 13 heavy (non-hydrogen) atoms. The van der Waals surface area contributed by atoms with Gasteiger partial charge in [0.1, 0.15) is 6.29 Å². The lowest BCUT2D eigenvalue weighted by atomic mass is 10.2. The van der Waals surface area contributed by atoms with Gasteiger partial charge in [0, 0.05) is 5.56 Å². The Labute approximate surface area is 75.6 Å². The number of benzene rings is 1. The van der Waals surface area contributed by atoms with Gasteiger partial charge >= 0.3 is 0 Å². The Morgan fingerprint density at radius 1 is 1.31 bits per heavy atom. The number of hydrogen-bond acceptors (Lipinski definition) is 3. The molecule has 2 rings (SSSR count). The van der Waals surface area contributed by atoms with Crippen LogP contribution in [0.15, 0.2) is 24.3 Å². The van der Waals surface area contributed by atoms with Crippen LogP contribution in [0.5, 0.6) is 11.5 Å². The zero-order chi connectivity index (χ0) is 9.10. The summed E-state index contributed by atoms with van der Waals surface area (Å²) in [6, 6.07) is 5.56. The monoisotopic (exact) mass is 176 g/mol. The molecule has 0 saturated carbocycles. The Hall–Kier alpha value is -1.77. The molecule has 0 aliphatic carbocycles. The van der Waals surface area contributed by atoms with E-state index in [1.165, 1.54) is 6.08 Å². The van der Waals surface area contributed by atoms with Crippen LogP contribution in [0.2, 0.25) is 0 Å². The van der Waals surface area contributed by atoms with Gasteiger partial charge in [-0.05, 0) is 18.2 Å². The Morgan fingerprint density at radius 2 is 2.23 bits per heavy atom. The molecule has 1 aliphatic rings. The van der Waals surface area contributed by atoms with Gasteiger partial charge in [-0.2, -0.15) is 0 Å². The molecular formula is C10H8O3. The fourth-order valence-electron chi connectivity index (χ4n) is 1.23. The van der Waals surface area contributed by atoms with Crippen LogP contribution < -0.4 is 9.47 Å². The predicted molar refractivity (Wildman–Crippen MR) is 47.7 cm³/mol. The second-order valence-corrected chi connectivity index (χ2v) is 2.58. The van der Waals surface area contributed by atoms with Crippen molar-refractivity contribution in [3.05, 3.63) is 29.8 Å². The molecule has 0 aromatic heterocycles. The molecule has 0 radical (unpaired) electrons. The standard InChI is InChI=1S/C10H8O3/c11-6-2-4-8-3-1-5-9-10(8)13-7-12-9/h1-6H,7H2/b4-2+. The van der Waals surface area contributed by atoms with E-state index in [-0.39, 0.29) is 6.79 Å². The molecule has 0 unspecified atom stereocenters. The van der Waals surface area contributed by atoms with Crippen molar-refractivity contribution in [3.63, 3.8) is 0 Å². The minimum atomic E-state index is 0.251. The molecule has 0 spiro atoms. The third kappa shape index (κ3) is 1.40. The van der Waals surface area contributed by atoms with Gasteiger partial charge in [0.2, 0.25) is 6.79 Å². The van der Waals surface area contributed by atoms with Crippen LogP contribution in [-0.2, 0) is 4.79 Å². The topological polar surface area (TPSA) is 35.5 Å². The van der Waals surface area contributed by atoms with Crippen molar-refractivity contribution in [2.75, 3.05) is 6.79 Å². The van der Waals surface area contributed by atoms with Gasteiger partial charge in [0.05, 0.1) is 0 Å². The minimum Gasteiger partial charge on any atom is -0.454 e. The summed E-state index contributed by atoms with van der Waals surface area (Å²) in [5.74, 6) is 1.44.